The fraction of sp³-hybridized carbons (Fsp3) is 0.212. The van der Waals surface area contributed by atoms with E-state index in [1.165, 1.54) is 33.2 Å². The second-order valence-corrected chi connectivity index (χ2v) is 12.3. The minimum Gasteiger partial charge on any atom is -0.448 e. The first kappa shape index (κ1) is 30.2. The predicted octanol–water partition coefficient (Wildman–Crippen LogP) is 3.63. The maximum absolute atomic E-state index is 14.1. The molecule has 2 amide bonds. The number of ether oxygens (including phenoxy) is 1. The SMILES string of the molecule is C#CCn1nnc(SCC2=C(C(=O)OC(c3ccccc3)c3ccccc3)N3C(=O)C(NC(=O)Cc4ccccc4)[C@H]3SC2)n1. The van der Waals surface area contributed by atoms with Gasteiger partial charge in [0.05, 0.1) is 6.42 Å². The lowest BCUT2D eigenvalue weighted by molar-refractivity contribution is -0.154. The highest BCUT2D eigenvalue weighted by molar-refractivity contribution is 8.01. The highest BCUT2D eigenvalue weighted by atomic mass is 32.2. The third-order valence-electron chi connectivity index (χ3n) is 7.24. The number of nitrogens with zero attached hydrogens (tertiary/aromatic N) is 5. The van der Waals surface area contributed by atoms with E-state index >= 15 is 0 Å². The molecule has 1 N–H and O–H groups in total. The molecule has 2 aliphatic heterocycles. The molecule has 1 fully saturated rings. The molecular weight excluding hydrogens is 609 g/mol. The summed E-state index contributed by atoms with van der Waals surface area (Å²) in [6.45, 7) is 0.186. The van der Waals surface area contributed by atoms with Gasteiger partial charge in [-0.1, -0.05) is 109 Å². The molecule has 1 unspecified atom stereocenters. The van der Waals surface area contributed by atoms with Crippen LogP contribution >= 0.6 is 23.5 Å². The summed E-state index contributed by atoms with van der Waals surface area (Å²) in [6, 6.07) is 27.5. The summed E-state index contributed by atoms with van der Waals surface area (Å²) in [4.78, 5) is 43.3. The lowest BCUT2D eigenvalue weighted by Gasteiger charge is -2.49. The van der Waals surface area contributed by atoms with Gasteiger partial charge in [0.2, 0.25) is 11.1 Å². The molecule has 2 atom stereocenters. The average Bonchev–Trinajstić information content (AvgIpc) is 3.53. The Morgan fingerprint density at radius 1 is 1.02 bits per heavy atom. The maximum Gasteiger partial charge on any atom is 0.356 e. The Kier molecular flexibility index (Phi) is 9.28. The standard InChI is InChI=1S/C33H28N6O4S2/c1-2-18-38-36-33(35-37-38)45-21-25-20-44-31-27(34-26(40)19-22-12-6-3-7-13-22)30(41)39(31)28(25)32(42)43-29(23-14-8-4-9-15-23)24-16-10-5-11-17-24/h1,3-17,27,29,31H,18-21H2,(H,34,40)/t27?,31-/m1/s1. The van der Waals surface area contributed by atoms with Gasteiger partial charge >= 0.3 is 5.97 Å². The van der Waals surface area contributed by atoms with Gasteiger partial charge in [0.1, 0.15) is 23.7 Å². The van der Waals surface area contributed by atoms with Crippen molar-refractivity contribution in [3.05, 3.63) is 119 Å². The van der Waals surface area contributed by atoms with Gasteiger partial charge < -0.3 is 10.1 Å². The maximum atomic E-state index is 14.1. The zero-order valence-electron chi connectivity index (χ0n) is 24.0. The van der Waals surface area contributed by atoms with Gasteiger partial charge in [-0.2, -0.15) is 4.80 Å². The molecule has 0 bridgehead atoms. The summed E-state index contributed by atoms with van der Waals surface area (Å²) in [6.07, 6.45) is 4.81. The number of rotatable bonds is 11. The molecule has 4 aromatic rings. The number of esters is 1. The fourth-order valence-corrected chi connectivity index (χ4v) is 7.39. The smallest absolute Gasteiger partial charge is 0.356 e. The first-order valence-corrected chi connectivity index (χ1v) is 16.2. The fourth-order valence-electron chi connectivity index (χ4n) is 5.12. The zero-order chi connectivity index (χ0) is 31.2. The van der Waals surface area contributed by atoms with Crippen molar-refractivity contribution in [1.82, 2.24) is 30.4 Å². The summed E-state index contributed by atoms with van der Waals surface area (Å²) in [7, 11) is 0. The number of aromatic nitrogens is 4. The average molecular weight is 637 g/mol. The van der Waals surface area contributed by atoms with E-state index in [1.54, 1.807) is 0 Å². The molecular formula is C33H28N6O4S2. The van der Waals surface area contributed by atoms with E-state index in [0.717, 1.165) is 16.7 Å². The molecule has 3 heterocycles. The third kappa shape index (κ3) is 6.79. The number of carbonyl (C=O) groups is 3. The quantitative estimate of drug-likeness (QED) is 0.114. The van der Waals surface area contributed by atoms with Crippen molar-refractivity contribution < 1.29 is 19.1 Å². The van der Waals surface area contributed by atoms with Crippen molar-refractivity contribution in [3.63, 3.8) is 0 Å². The molecule has 0 spiro atoms. The summed E-state index contributed by atoms with van der Waals surface area (Å²) in [5.41, 5.74) is 3.31. The van der Waals surface area contributed by atoms with Crippen molar-refractivity contribution in [2.45, 2.75) is 35.6 Å². The molecule has 45 heavy (non-hydrogen) atoms. The number of hydrogen-bond acceptors (Lipinski definition) is 9. The minimum absolute atomic E-state index is 0.151. The second kappa shape index (κ2) is 13.8. The van der Waals surface area contributed by atoms with Gasteiger partial charge in [-0.05, 0) is 27.5 Å². The Balaban J connectivity index is 1.26. The van der Waals surface area contributed by atoms with E-state index < -0.39 is 23.5 Å². The molecule has 6 rings (SSSR count). The number of tetrazole rings is 1. The van der Waals surface area contributed by atoms with Crippen molar-refractivity contribution in [1.29, 1.82) is 0 Å². The number of thioether (sulfide) groups is 2. The highest BCUT2D eigenvalue weighted by Crippen LogP contribution is 2.42. The number of β-lactam (4-membered cyclic amide) rings is 1. The number of hydrogen-bond donors (Lipinski definition) is 1. The molecule has 2 aliphatic rings. The van der Waals surface area contributed by atoms with Crippen LogP contribution in [0.2, 0.25) is 0 Å². The lowest BCUT2D eigenvalue weighted by Crippen LogP contribution is -2.70. The number of benzene rings is 3. The molecule has 226 valence electrons. The van der Waals surface area contributed by atoms with Crippen LogP contribution in [0.4, 0.5) is 0 Å². The van der Waals surface area contributed by atoms with E-state index in [0.29, 0.717) is 22.2 Å². The van der Waals surface area contributed by atoms with Gasteiger partial charge in [0.15, 0.2) is 6.10 Å². The molecule has 12 heteroatoms. The second-order valence-electron chi connectivity index (χ2n) is 10.3. The first-order chi connectivity index (χ1) is 22.0. The van der Waals surface area contributed by atoms with Crippen molar-refractivity contribution in [2.75, 3.05) is 11.5 Å². The normalized spacial score (nSPS) is 17.3. The summed E-state index contributed by atoms with van der Waals surface area (Å²) < 4.78 is 6.21. The minimum atomic E-state index is -0.757. The van der Waals surface area contributed by atoms with Gasteiger partial charge in [-0.15, -0.1) is 28.4 Å². The Labute approximate surface area is 268 Å². The highest BCUT2D eigenvalue weighted by Gasteiger charge is 2.54. The molecule has 0 aliphatic carbocycles. The van der Waals surface area contributed by atoms with Crippen LogP contribution in [0.3, 0.4) is 0 Å². The van der Waals surface area contributed by atoms with E-state index in [1.807, 2.05) is 91.0 Å². The monoisotopic (exact) mass is 636 g/mol. The number of terminal acetylenes is 1. The number of amides is 2. The number of nitrogens with one attached hydrogen (secondary N) is 1. The molecule has 3 aromatic carbocycles. The number of fused-ring (bicyclic) bond motifs is 1. The topological polar surface area (TPSA) is 119 Å². The van der Waals surface area contributed by atoms with Gasteiger partial charge in [-0.3, -0.25) is 14.5 Å². The first-order valence-electron chi connectivity index (χ1n) is 14.2. The van der Waals surface area contributed by atoms with Gasteiger partial charge in [-0.25, -0.2) is 4.79 Å². The van der Waals surface area contributed by atoms with Crippen molar-refractivity contribution in [3.8, 4) is 12.3 Å². The summed E-state index contributed by atoms with van der Waals surface area (Å²) in [5.74, 6) is 1.98. The Hall–Kier alpha value is -4.86. The summed E-state index contributed by atoms with van der Waals surface area (Å²) in [5, 5.41) is 15.1. The summed E-state index contributed by atoms with van der Waals surface area (Å²) >= 11 is 2.77. The van der Waals surface area contributed by atoms with Crippen LogP contribution in [0.15, 0.2) is 107 Å². The molecule has 1 saturated heterocycles. The van der Waals surface area contributed by atoms with Crippen LogP contribution in [0.5, 0.6) is 0 Å². The number of carbonyl (C=O) groups excluding carboxylic acids is 3. The molecule has 0 saturated carbocycles. The van der Waals surface area contributed by atoms with Crippen molar-refractivity contribution >= 4 is 41.3 Å². The predicted molar refractivity (Wildman–Crippen MR) is 170 cm³/mol. The van der Waals surface area contributed by atoms with Gasteiger partial charge in [0, 0.05) is 11.5 Å². The van der Waals surface area contributed by atoms with Gasteiger partial charge in [0.25, 0.3) is 5.91 Å². The molecule has 0 radical (unpaired) electrons. The Bertz CT molecular complexity index is 1720. The van der Waals surface area contributed by atoms with Crippen molar-refractivity contribution in [2.24, 2.45) is 0 Å². The van der Waals surface area contributed by atoms with Crippen LogP contribution in [-0.4, -0.2) is 65.8 Å². The van der Waals surface area contributed by atoms with E-state index in [2.05, 4.69) is 26.6 Å². The van der Waals surface area contributed by atoms with E-state index in [4.69, 9.17) is 11.2 Å². The Morgan fingerprint density at radius 2 is 1.67 bits per heavy atom. The lowest BCUT2D eigenvalue weighted by atomic mass is 10.0. The van der Waals surface area contributed by atoms with E-state index in [9.17, 15) is 14.4 Å². The van der Waals surface area contributed by atoms with E-state index in [-0.39, 0.29) is 30.5 Å². The van der Waals surface area contributed by atoms with Crippen LogP contribution in [0, 0.1) is 12.3 Å². The largest absolute Gasteiger partial charge is 0.448 e. The van der Waals surface area contributed by atoms with Crippen LogP contribution < -0.4 is 5.32 Å². The van der Waals surface area contributed by atoms with Crippen LogP contribution in [0.1, 0.15) is 22.8 Å². The third-order valence-corrected chi connectivity index (χ3v) is 9.49. The van der Waals surface area contributed by atoms with Crippen LogP contribution in [0.25, 0.3) is 0 Å². The zero-order valence-corrected chi connectivity index (χ0v) is 25.6. The molecule has 1 aromatic heterocycles. The molecule has 10 nitrogen and oxygen atoms in total. The Morgan fingerprint density at radius 3 is 2.31 bits per heavy atom. The van der Waals surface area contributed by atoms with Crippen LogP contribution in [-0.2, 0) is 32.1 Å².